The number of carboxylic acid groups (broad SMARTS) is 2. The molecular weight excluding hydrogens is 1240 g/mol. The van der Waals surface area contributed by atoms with Gasteiger partial charge < -0.3 is 71.4 Å². The first-order valence-electron chi connectivity index (χ1n) is 33.6. The number of phenolic OH excluding ortho intramolecular Hbond substituents is 5. The number of amides is 2. The van der Waals surface area contributed by atoms with Gasteiger partial charge in [0.15, 0.2) is 23.1 Å². The molecule has 21 heteroatoms. The number of nitrogens with one attached hydrogen (secondary N) is 2. The summed E-state index contributed by atoms with van der Waals surface area (Å²) in [5.41, 5.74) is 3.38. The zero-order valence-electron chi connectivity index (χ0n) is 56.7. The number of aromatic carboxylic acids is 1. The maximum absolute atomic E-state index is 13.2. The van der Waals surface area contributed by atoms with Gasteiger partial charge in [0.1, 0.15) is 51.4 Å². The van der Waals surface area contributed by atoms with Crippen LogP contribution in [0.4, 0.5) is 17.1 Å². The lowest BCUT2D eigenvalue weighted by molar-refractivity contribution is -0.171. The van der Waals surface area contributed by atoms with Crippen LogP contribution < -0.4 is 16.4 Å². The molecule has 21 nitrogen and oxygen atoms in total. The molecule has 12 bridgehead atoms. The van der Waals surface area contributed by atoms with Gasteiger partial charge in [-0.15, -0.1) is 0 Å². The zero-order valence-corrected chi connectivity index (χ0v) is 56.7. The summed E-state index contributed by atoms with van der Waals surface area (Å²) >= 11 is 0. The Balaban J connectivity index is 0.000000139. The Morgan fingerprint density at radius 1 is 0.464 bits per heavy atom. The van der Waals surface area contributed by atoms with E-state index in [1.165, 1.54) is 12.1 Å². The second-order valence-electron chi connectivity index (χ2n) is 33.4. The second kappa shape index (κ2) is 22.9. The molecular formula is C76H97N3O18. The van der Waals surface area contributed by atoms with Gasteiger partial charge in [-0.25, -0.2) is 4.79 Å². The normalized spacial score (nSPS) is 40.5. The molecule has 18 rings (SSSR count). The van der Waals surface area contributed by atoms with Crippen molar-refractivity contribution in [1.29, 1.82) is 0 Å². The van der Waals surface area contributed by atoms with Crippen LogP contribution in [-0.4, -0.2) is 117 Å². The van der Waals surface area contributed by atoms with Crippen molar-refractivity contribution in [2.45, 2.75) is 215 Å². The Labute approximate surface area is 566 Å². The van der Waals surface area contributed by atoms with Gasteiger partial charge in [-0.2, -0.15) is 0 Å². The molecule has 6 saturated carbocycles. The fraction of sp³-hybridized carbons (Fsp3) is 0.592. The summed E-state index contributed by atoms with van der Waals surface area (Å²) < 4.78 is 19.5. The standard InChI is InChI=1S/C25H29NO7.C25H31NO5.C18H24O4.C7H9NO2.CH4/c1-22-10-23(2)12-25(11-22)9-6-15(28)24(3,19(25)20(22)33-23)8-7-16(29)26-17-14(27)5-4-13(18(17)30)21(31)32;1-14-5-6-15(27)18(19(14)30)26-17(29)8-9-24(4)16(28)7-10-25-12-22(2)11-23(3,13-25)31-21(22)20(24)25;1-15-8-16(2)10-18(9-15)7-4-11(19)17(3,6-5-12(20)21)13(18)14(15)22-16;1-4-2-3-5(9)6(8)7(4)10;/h4-6,9,19-20,27,30H,7-8,10-12H2,1-3H3,(H,26,29)(H,31,32);5-7,10,20-21,27,30H,8-9,11-13H2,1-4H3,(H,26,29);4,7,13-14H,5-6,8-10H2,1-3H3,(H,20,21);2-3,9-10H,8H2,1H3;1H4/t19?,20?,22?,23?,24-,25?;20?,21?,22?,23?,24-,25?;13?,14?,15?,16?,17-,18?;;/m111../s1. The smallest absolute Gasteiger partial charge is 0.339 e. The van der Waals surface area contributed by atoms with Crippen LogP contribution in [0.25, 0.3) is 0 Å². The van der Waals surface area contributed by atoms with Gasteiger partial charge in [-0.05, 0) is 198 Å². The number of hydrogen-bond donors (Lipinski definition) is 11. The third-order valence-electron chi connectivity index (χ3n) is 25.4. The molecule has 97 heavy (non-hydrogen) atoms. The highest BCUT2D eigenvalue weighted by Gasteiger charge is 2.78. The number of aliphatic carboxylic acids is 1. The quantitative estimate of drug-likeness (QED) is 0.0593. The molecule has 12 N–H and O–H groups in total. The van der Waals surface area contributed by atoms with Crippen molar-refractivity contribution in [3.8, 4) is 34.5 Å². The van der Waals surface area contributed by atoms with Gasteiger partial charge in [0.05, 0.1) is 35.1 Å². The highest BCUT2D eigenvalue weighted by molar-refractivity contribution is 6.01. The van der Waals surface area contributed by atoms with E-state index in [0.717, 1.165) is 69.9 Å². The number of phenols is 6. The number of allylic oxidation sites excluding steroid dienone is 6. The molecule has 6 aliphatic heterocycles. The number of nitrogens with two attached hydrogens (primary N) is 1. The second-order valence-corrected chi connectivity index (χ2v) is 33.4. The van der Waals surface area contributed by atoms with Gasteiger partial charge in [0.2, 0.25) is 11.8 Å². The first-order chi connectivity index (χ1) is 44.5. The predicted molar refractivity (Wildman–Crippen MR) is 360 cm³/mol. The molecule has 524 valence electrons. The minimum Gasteiger partial charge on any atom is -0.506 e. The first-order valence-corrected chi connectivity index (χ1v) is 33.6. The van der Waals surface area contributed by atoms with Gasteiger partial charge in [-0.1, -0.05) is 79.3 Å². The summed E-state index contributed by atoms with van der Waals surface area (Å²) in [5.74, 6) is -4.37. The van der Waals surface area contributed by atoms with Crippen LogP contribution in [0.1, 0.15) is 188 Å². The summed E-state index contributed by atoms with van der Waals surface area (Å²) in [6.45, 7) is 22.7. The number of hydrogen-bond acceptors (Lipinski definition) is 17. The van der Waals surface area contributed by atoms with Gasteiger partial charge in [0, 0.05) is 53.3 Å². The molecule has 18 atom stereocenters. The molecule has 0 aromatic heterocycles. The fourth-order valence-corrected chi connectivity index (χ4v) is 22.7. The maximum Gasteiger partial charge on any atom is 0.339 e. The number of ether oxygens (including phenoxy) is 3. The Bertz CT molecular complexity index is 3940. The molecule has 3 aromatic rings. The van der Waals surface area contributed by atoms with E-state index in [9.17, 15) is 59.1 Å². The average Bonchev–Trinajstić information content (AvgIpc) is 1.52. The average molecular weight is 1340 g/mol. The van der Waals surface area contributed by atoms with E-state index in [4.69, 9.17) is 35.3 Å². The molecule has 15 aliphatic rings. The number of carbonyl (C=O) groups is 7. The number of anilines is 3. The molecule has 15 unspecified atom stereocenters. The number of aromatic hydroxyl groups is 6. The van der Waals surface area contributed by atoms with Gasteiger partial charge in [-0.3, -0.25) is 28.8 Å². The summed E-state index contributed by atoms with van der Waals surface area (Å²) in [7, 11) is 0. The van der Waals surface area contributed by atoms with Crippen molar-refractivity contribution in [2.24, 2.45) is 66.5 Å². The summed E-state index contributed by atoms with van der Waals surface area (Å²) in [6.07, 6.45) is 21.7. The highest BCUT2D eigenvalue weighted by Crippen LogP contribution is 2.79. The van der Waals surface area contributed by atoms with Crippen molar-refractivity contribution < 1.29 is 88.6 Å². The van der Waals surface area contributed by atoms with Crippen LogP contribution in [0.3, 0.4) is 0 Å². The van der Waals surface area contributed by atoms with Crippen molar-refractivity contribution in [1.82, 2.24) is 0 Å². The van der Waals surface area contributed by atoms with Crippen LogP contribution in [0.2, 0.25) is 0 Å². The summed E-state index contributed by atoms with van der Waals surface area (Å²) in [5, 5.41) is 81.8. The number of aryl methyl sites for hydroxylation is 2. The highest BCUT2D eigenvalue weighted by atomic mass is 16.5. The van der Waals surface area contributed by atoms with Crippen molar-refractivity contribution >= 4 is 58.2 Å². The van der Waals surface area contributed by atoms with Crippen LogP contribution in [0.15, 0.2) is 72.9 Å². The summed E-state index contributed by atoms with van der Waals surface area (Å²) in [4.78, 5) is 86.8. The largest absolute Gasteiger partial charge is 0.506 e. The molecule has 9 aliphatic carbocycles. The van der Waals surface area contributed by atoms with Gasteiger partial charge >= 0.3 is 11.9 Å². The number of carbonyl (C=O) groups excluding carboxylic acids is 5. The van der Waals surface area contributed by atoms with E-state index < -0.39 is 51.2 Å². The van der Waals surface area contributed by atoms with Crippen LogP contribution in [-0.2, 0) is 43.0 Å². The third kappa shape index (κ3) is 11.0. The Kier molecular flexibility index (Phi) is 16.7. The topological polar surface area (TPSA) is 359 Å². The van der Waals surface area contributed by atoms with Crippen molar-refractivity contribution in [2.75, 3.05) is 16.4 Å². The molecule has 3 aromatic carbocycles. The lowest BCUT2D eigenvalue weighted by Crippen LogP contribution is -2.55. The minimum atomic E-state index is -1.38. The van der Waals surface area contributed by atoms with Crippen LogP contribution in [0, 0.1) is 80.3 Å². The van der Waals surface area contributed by atoms with Crippen molar-refractivity contribution in [3.05, 3.63) is 89.5 Å². The molecule has 6 saturated heterocycles. The zero-order chi connectivity index (χ0) is 70.1. The molecule has 6 heterocycles. The predicted octanol–water partition coefficient (Wildman–Crippen LogP) is 12.4. The number of benzene rings is 3. The fourth-order valence-electron chi connectivity index (χ4n) is 22.7. The molecule has 2 amide bonds. The Morgan fingerprint density at radius 2 is 0.794 bits per heavy atom. The number of ketones is 3. The summed E-state index contributed by atoms with van der Waals surface area (Å²) in [6, 6.07) is 8.23. The lowest BCUT2D eigenvalue weighted by Gasteiger charge is -2.54. The first kappa shape index (κ1) is 70.6. The third-order valence-corrected chi connectivity index (χ3v) is 25.4. The molecule has 0 radical (unpaired) electrons. The van der Waals surface area contributed by atoms with Crippen molar-refractivity contribution in [3.63, 3.8) is 0 Å². The molecule has 3 spiro atoms. The van der Waals surface area contributed by atoms with Gasteiger partial charge in [0.25, 0.3) is 0 Å². The van der Waals surface area contributed by atoms with Crippen LogP contribution in [0.5, 0.6) is 34.5 Å². The van der Waals surface area contributed by atoms with E-state index in [0.29, 0.717) is 24.0 Å². The van der Waals surface area contributed by atoms with E-state index in [-0.39, 0.29) is 182 Å². The monoisotopic (exact) mass is 1340 g/mol. The van der Waals surface area contributed by atoms with E-state index in [1.807, 2.05) is 20.8 Å². The van der Waals surface area contributed by atoms with E-state index in [2.05, 4.69) is 70.4 Å². The minimum absolute atomic E-state index is 0. The SMILES string of the molecule is C.CC12CC3(C)CC4(C=CC(=O)[C@@](C)(CCC(=O)Nc5c(O)ccc(C(=O)O)c5O)C4C3O1)C2.CC12CC3(C)CC4(C=CC(=O)[C@@](C)(CCC(=O)O)C4C3O1)C2.Cc1ccc(O)c(N)c1O.Cc1ccc(O)c(NC(=O)CC[C@]2(C)C(=O)C=CC34CC5(C)CC(C)(C3)C(O5)C42)c1O. The van der Waals surface area contributed by atoms with Crippen LogP contribution >= 0.6 is 0 Å². The Morgan fingerprint density at radius 3 is 1.14 bits per heavy atom. The number of carboxylic acids is 2. The molecule has 12 fully saturated rings. The Hall–Kier alpha value is -7.75. The number of rotatable bonds is 12. The lowest BCUT2D eigenvalue weighted by atomic mass is 9.53. The number of nitrogen functional groups attached to an aromatic ring is 1. The van der Waals surface area contributed by atoms with E-state index in [1.54, 1.807) is 44.2 Å². The maximum atomic E-state index is 13.2. The van der Waals surface area contributed by atoms with E-state index >= 15 is 0 Å².